The molecule has 0 spiro atoms. The van der Waals surface area contributed by atoms with Crippen molar-refractivity contribution in [3.05, 3.63) is 0 Å². The highest BCUT2D eigenvalue weighted by Gasteiger charge is 2.12. The van der Waals surface area contributed by atoms with Gasteiger partial charge in [-0.1, -0.05) is 0 Å². The summed E-state index contributed by atoms with van der Waals surface area (Å²) in [6, 6.07) is 0. The first-order valence-electron chi connectivity index (χ1n) is 3.89. The third-order valence-corrected chi connectivity index (χ3v) is 1.81. The van der Waals surface area contributed by atoms with Crippen LogP contribution >= 0.6 is 0 Å². The molecular weight excluding hydrogens is 144 g/mol. The molecule has 0 amide bonds. The number of nitrogens with zero attached hydrogens (tertiary/aromatic N) is 1. The highest BCUT2D eigenvalue weighted by molar-refractivity contribution is 5.55. The number of aliphatic hydroxyl groups excluding tert-OH is 1. The molecule has 0 bridgehead atoms. The number of rotatable bonds is 3. The predicted octanol–water partition coefficient (Wildman–Crippen LogP) is -1.55. The van der Waals surface area contributed by atoms with Crippen molar-refractivity contribution in [3.63, 3.8) is 0 Å². The Kier molecular flexibility index (Phi) is 3.48. The van der Waals surface area contributed by atoms with Gasteiger partial charge in [0, 0.05) is 32.7 Å². The average Bonchev–Trinajstić information content (AvgIpc) is 2.06. The van der Waals surface area contributed by atoms with Gasteiger partial charge in [-0.15, -0.1) is 0 Å². The van der Waals surface area contributed by atoms with Crippen LogP contribution in [-0.2, 0) is 4.79 Å². The zero-order valence-corrected chi connectivity index (χ0v) is 6.49. The van der Waals surface area contributed by atoms with Crippen LogP contribution in [0.1, 0.15) is 0 Å². The van der Waals surface area contributed by atoms with Crippen molar-refractivity contribution in [1.29, 1.82) is 0 Å². The number of carbonyl (C=O) groups excluding carboxylic acids is 1. The summed E-state index contributed by atoms with van der Waals surface area (Å²) in [6.07, 6.45) is -0.227. The number of piperazine rings is 1. The standard InChI is InChI=1S/C7H14N2O2/c10-6-7(11)5-9-3-1-8-2-4-9/h6-8,11H,1-5H2/t7-/m0/s1. The molecule has 11 heavy (non-hydrogen) atoms. The second-order valence-corrected chi connectivity index (χ2v) is 2.75. The van der Waals surface area contributed by atoms with Crippen molar-refractivity contribution < 1.29 is 9.90 Å². The molecule has 4 heteroatoms. The normalized spacial score (nSPS) is 23.0. The van der Waals surface area contributed by atoms with Gasteiger partial charge < -0.3 is 15.2 Å². The lowest BCUT2D eigenvalue weighted by Gasteiger charge is -2.27. The lowest BCUT2D eigenvalue weighted by molar-refractivity contribution is -0.115. The third-order valence-electron chi connectivity index (χ3n) is 1.81. The summed E-state index contributed by atoms with van der Waals surface area (Å²) in [6.45, 7) is 4.22. The molecule has 2 N–H and O–H groups in total. The quantitative estimate of drug-likeness (QED) is 0.488. The van der Waals surface area contributed by atoms with Gasteiger partial charge in [0.1, 0.15) is 12.4 Å². The molecule has 1 rings (SSSR count). The molecule has 1 aliphatic heterocycles. The number of nitrogens with one attached hydrogen (secondary N) is 1. The summed E-state index contributed by atoms with van der Waals surface area (Å²) in [5.41, 5.74) is 0. The molecule has 0 aromatic carbocycles. The zero-order chi connectivity index (χ0) is 8.10. The Balaban J connectivity index is 2.18. The van der Waals surface area contributed by atoms with Gasteiger partial charge in [-0.25, -0.2) is 0 Å². The van der Waals surface area contributed by atoms with Crippen LogP contribution in [0.4, 0.5) is 0 Å². The second-order valence-electron chi connectivity index (χ2n) is 2.75. The molecular formula is C7H14N2O2. The van der Waals surface area contributed by atoms with Crippen molar-refractivity contribution in [2.45, 2.75) is 6.10 Å². The van der Waals surface area contributed by atoms with Crippen molar-refractivity contribution in [3.8, 4) is 0 Å². The van der Waals surface area contributed by atoms with Crippen molar-refractivity contribution in [1.82, 2.24) is 10.2 Å². The summed E-state index contributed by atoms with van der Waals surface area (Å²) < 4.78 is 0. The molecule has 0 unspecified atom stereocenters. The first-order valence-corrected chi connectivity index (χ1v) is 3.89. The van der Waals surface area contributed by atoms with E-state index in [1.807, 2.05) is 0 Å². The van der Waals surface area contributed by atoms with Gasteiger partial charge in [0.25, 0.3) is 0 Å². The lowest BCUT2D eigenvalue weighted by atomic mass is 10.3. The number of aliphatic hydroxyl groups is 1. The molecule has 1 fully saturated rings. The SMILES string of the molecule is O=C[C@@H](O)CN1CCNCC1. The summed E-state index contributed by atoms with van der Waals surface area (Å²) >= 11 is 0. The van der Waals surface area contributed by atoms with Gasteiger partial charge >= 0.3 is 0 Å². The van der Waals surface area contributed by atoms with Crippen molar-refractivity contribution >= 4 is 6.29 Å². The van der Waals surface area contributed by atoms with Crippen molar-refractivity contribution in [2.24, 2.45) is 0 Å². The number of hydrogen-bond acceptors (Lipinski definition) is 4. The lowest BCUT2D eigenvalue weighted by Crippen LogP contribution is -2.46. The first-order chi connectivity index (χ1) is 5.33. The third kappa shape index (κ3) is 2.96. The Hall–Kier alpha value is -0.450. The number of aldehydes is 1. The highest BCUT2D eigenvalue weighted by Crippen LogP contribution is 1.92. The molecule has 1 atom stereocenters. The summed E-state index contributed by atoms with van der Waals surface area (Å²) in [7, 11) is 0. The number of carbonyl (C=O) groups is 1. The highest BCUT2D eigenvalue weighted by atomic mass is 16.3. The largest absolute Gasteiger partial charge is 0.384 e. The molecule has 0 aromatic rings. The van der Waals surface area contributed by atoms with Gasteiger partial charge in [0.05, 0.1) is 0 Å². The molecule has 1 aliphatic rings. The van der Waals surface area contributed by atoms with E-state index in [2.05, 4.69) is 10.2 Å². The topological polar surface area (TPSA) is 52.6 Å². The van der Waals surface area contributed by atoms with E-state index < -0.39 is 6.10 Å². The van der Waals surface area contributed by atoms with Gasteiger partial charge in [0.2, 0.25) is 0 Å². The summed E-state index contributed by atoms with van der Waals surface area (Å²) in [4.78, 5) is 12.2. The van der Waals surface area contributed by atoms with Crippen LogP contribution in [0.5, 0.6) is 0 Å². The Morgan fingerprint density at radius 2 is 2.18 bits per heavy atom. The Labute approximate surface area is 66.2 Å². The monoisotopic (exact) mass is 158 g/mol. The Morgan fingerprint density at radius 1 is 1.55 bits per heavy atom. The van der Waals surface area contributed by atoms with Crippen molar-refractivity contribution in [2.75, 3.05) is 32.7 Å². The number of hydrogen-bond donors (Lipinski definition) is 2. The summed E-state index contributed by atoms with van der Waals surface area (Å²) in [5, 5.41) is 12.2. The average molecular weight is 158 g/mol. The van der Waals surface area contributed by atoms with E-state index in [1.165, 1.54) is 0 Å². The van der Waals surface area contributed by atoms with Crippen LogP contribution in [0.3, 0.4) is 0 Å². The van der Waals surface area contributed by atoms with E-state index in [9.17, 15) is 4.79 Å². The molecule has 4 nitrogen and oxygen atoms in total. The first kappa shape index (κ1) is 8.64. The molecule has 1 heterocycles. The van der Waals surface area contributed by atoms with Gasteiger partial charge in [-0.2, -0.15) is 0 Å². The van der Waals surface area contributed by atoms with Crippen LogP contribution in [0.25, 0.3) is 0 Å². The molecule has 0 radical (unpaired) electrons. The van der Waals surface area contributed by atoms with E-state index >= 15 is 0 Å². The molecule has 0 saturated carbocycles. The van der Waals surface area contributed by atoms with Gasteiger partial charge in [0.15, 0.2) is 0 Å². The fourth-order valence-electron chi connectivity index (χ4n) is 1.20. The minimum atomic E-state index is -0.812. The second kappa shape index (κ2) is 4.43. The minimum absolute atomic E-state index is 0.477. The Morgan fingerprint density at radius 3 is 2.73 bits per heavy atom. The fraction of sp³-hybridized carbons (Fsp3) is 0.857. The number of β-amino-alcohol motifs (C(OH)–C–C–N with tert-alkyl or cyclic N) is 1. The maximum absolute atomic E-state index is 10.1. The van der Waals surface area contributed by atoms with E-state index in [-0.39, 0.29) is 0 Å². The van der Waals surface area contributed by atoms with E-state index in [1.54, 1.807) is 0 Å². The van der Waals surface area contributed by atoms with Crippen LogP contribution < -0.4 is 5.32 Å². The van der Waals surface area contributed by atoms with E-state index in [0.29, 0.717) is 12.8 Å². The van der Waals surface area contributed by atoms with E-state index in [0.717, 1.165) is 26.2 Å². The van der Waals surface area contributed by atoms with Crippen LogP contribution in [0, 0.1) is 0 Å². The Bertz CT molecular complexity index is 124. The van der Waals surface area contributed by atoms with Crippen LogP contribution in [-0.4, -0.2) is 55.1 Å². The molecule has 0 aromatic heterocycles. The summed E-state index contributed by atoms with van der Waals surface area (Å²) in [5.74, 6) is 0. The fourth-order valence-corrected chi connectivity index (χ4v) is 1.20. The minimum Gasteiger partial charge on any atom is -0.384 e. The van der Waals surface area contributed by atoms with Gasteiger partial charge in [-0.05, 0) is 0 Å². The van der Waals surface area contributed by atoms with Crippen LogP contribution in [0.2, 0.25) is 0 Å². The van der Waals surface area contributed by atoms with E-state index in [4.69, 9.17) is 5.11 Å². The predicted molar refractivity (Wildman–Crippen MR) is 41.4 cm³/mol. The zero-order valence-electron chi connectivity index (χ0n) is 6.49. The smallest absolute Gasteiger partial charge is 0.149 e. The molecule has 64 valence electrons. The van der Waals surface area contributed by atoms with Gasteiger partial charge in [-0.3, -0.25) is 4.90 Å². The maximum Gasteiger partial charge on any atom is 0.149 e. The molecule has 1 saturated heterocycles. The van der Waals surface area contributed by atoms with Crippen LogP contribution in [0.15, 0.2) is 0 Å². The maximum atomic E-state index is 10.1. The molecule has 0 aliphatic carbocycles.